The predicted octanol–water partition coefficient (Wildman–Crippen LogP) is 4.92. The van der Waals surface area contributed by atoms with Crippen LogP contribution in [0.1, 0.15) is 27.0 Å². The molecule has 2 N–H and O–H groups in total. The first-order valence-electron chi connectivity index (χ1n) is 9.11. The lowest BCUT2D eigenvalue weighted by Crippen LogP contribution is -2.10. The van der Waals surface area contributed by atoms with Crippen molar-refractivity contribution in [3.63, 3.8) is 0 Å². The topological polar surface area (TPSA) is 75.6 Å². The fourth-order valence-corrected chi connectivity index (χ4v) is 2.68. The van der Waals surface area contributed by atoms with Crippen LogP contribution in [0.25, 0.3) is 6.08 Å². The van der Waals surface area contributed by atoms with E-state index in [0.717, 1.165) is 16.7 Å². The third-order valence-corrected chi connectivity index (χ3v) is 4.28. The number of hydrogen-bond acceptors (Lipinski definition) is 3. The molecule has 5 heteroatoms. The average Bonchev–Trinajstić information content (AvgIpc) is 2.73. The van der Waals surface area contributed by atoms with Gasteiger partial charge in [0, 0.05) is 11.8 Å². The van der Waals surface area contributed by atoms with Crippen LogP contribution >= 0.6 is 0 Å². The van der Waals surface area contributed by atoms with Crippen molar-refractivity contribution >= 4 is 23.6 Å². The van der Waals surface area contributed by atoms with Gasteiger partial charge in [-0.25, -0.2) is 4.79 Å². The Balaban J connectivity index is 1.63. The molecule has 0 radical (unpaired) electrons. The highest BCUT2D eigenvalue weighted by Gasteiger charge is 2.07. The van der Waals surface area contributed by atoms with Gasteiger partial charge < -0.3 is 15.2 Å². The highest BCUT2D eigenvalue weighted by Crippen LogP contribution is 2.18. The van der Waals surface area contributed by atoms with Crippen molar-refractivity contribution in [1.82, 2.24) is 0 Å². The Morgan fingerprint density at radius 3 is 2.55 bits per heavy atom. The summed E-state index contributed by atoms with van der Waals surface area (Å²) in [5.74, 6) is -0.670. The first-order valence-corrected chi connectivity index (χ1v) is 9.11. The summed E-state index contributed by atoms with van der Waals surface area (Å²) in [6.45, 7) is 2.27. The number of carboxylic acids is 1. The highest BCUT2D eigenvalue weighted by atomic mass is 16.5. The normalized spacial score (nSPS) is 10.7. The minimum atomic E-state index is -1.04. The Morgan fingerprint density at radius 1 is 1.00 bits per heavy atom. The van der Waals surface area contributed by atoms with E-state index < -0.39 is 5.97 Å². The largest absolute Gasteiger partial charge is 0.489 e. The van der Waals surface area contributed by atoms with Crippen molar-refractivity contribution in [2.75, 3.05) is 5.32 Å². The van der Waals surface area contributed by atoms with Crippen LogP contribution in [0.4, 0.5) is 5.69 Å². The third-order valence-electron chi connectivity index (χ3n) is 4.28. The summed E-state index contributed by atoms with van der Waals surface area (Å²) in [5.41, 5.74) is 3.28. The van der Waals surface area contributed by atoms with E-state index in [2.05, 4.69) is 5.32 Å². The maximum atomic E-state index is 12.2. The summed E-state index contributed by atoms with van der Waals surface area (Å²) in [7, 11) is 0. The number of benzene rings is 3. The van der Waals surface area contributed by atoms with Gasteiger partial charge in [0.05, 0.1) is 5.56 Å². The molecule has 29 heavy (non-hydrogen) atoms. The number of ether oxygens (including phenoxy) is 1. The molecule has 0 spiro atoms. The second-order valence-electron chi connectivity index (χ2n) is 6.50. The molecular weight excluding hydrogens is 366 g/mol. The van der Waals surface area contributed by atoms with Gasteiger partial charge in [0.2, 0.25) is 5.91 Å². The molecule has 0 aliphatic carbocycles. The van der Waals surface area contributed by atoms with Gasteiger partial charge in [-0.3, -0.25) is 4.79 Å². The van der Waals surface area contributed by atoms with Crippen LogP contribution in [-0.4, -0.2) is 17.0 Å². The average molecular weight is 387 g/mol. The molecule has 0 heterocycles. The number of carbonyl (C=O) groups is 2. The molecule has 0 aliphatic heterocycles. The second-order valence-corrected chi connectivity index (χ2v) is 6.50. The SMILES string of the molecule is Cc1ccc(C(=O)O)cc1NC(=O)/C=C/c1cccc(OCc2ccccc2)c1. The molecule has 3 aromatic carbocycles. The summed E-state index contributed by atoms with van der Waals surface area (Å²) < 4.78 is 5.80. The van der Waals surface area contributed by atoms with Gasteiger partial charge in [-0.1, -0.05) is 48.5 Å². The molecule has 3 aromatic rings. The number of amides is 1. The van der Waals surface area contributed by atoms with Crippen LogP contribution in [0.15, 0.2) is 78.9 Å². The van der Waals surface area contributed by atoms with Crippen LogP contribution in [0.2, 0.25) is 0 Å². The van der Waals surface area contributed by atoms with Gasteiger partial charge in [-0.15, -0.1) is 0 Å². The third kappa shape index (κ3) is 5.81. The zero-order valence-electron chi connectivity index (χ0n) is 16.0. The standard InChI is InChI=1S/C24H21NO4/c1-17-10-12-20(24(27)28)15-22(17)25-23(26)13-11-18-8-5-9-21(14-18)29-16-19-6-3-2-4-7-19/h2-15H,16H2,1H3,(H,25,26)(H,27,28)/b13-11+. The smallest absolute Gasteiger partial charge is 0.335 e. The van der Waals surface area contributed by atoms with Gasteiger partial charge in [0.25, 0.3) is 0 Å². The molecule has 1 amide bonds. The van der Waals surface area contributed by atoms with E-state index in [1.165, 1.54) is 18.2 Å². The number of rotatable bonds is 7. The Hall–Kier alpha value is -3.86. The number of nitrogens with one attached hydrogen (secondary N) is 1. The van der Waals surface area contributed by atoms with E-state index >= 15 is 0 Å². The number of carboxylic acid groups (broad SMARTS) is 1. The predicted molar refractivity (Wildman–Crippen MR) is 113 cm³/mol. The van der Waals surface area contributed by atoms with Crippen molar-refractivity contribution in [3.8, 4) is 5.75 Å². The Labute approximate surface area is 169 Å². The number of anilines is 1. The lowest BCUT2D eigenvalue weighted by atomic mass is 10.1. The molecule has 0 aliphatic rings. The van der Waals surface area contributed by atoms with E-state index in [1.807, 2.05) is 54.6 Å². The van der Waals surface area contributed by atoms with Crippen molar-refractivity contribution in [2.45, 2.75) is 13.5 Å². The van der Waals surface area contributed by atoms with Gasteiger partial charge in [-0.2, -0.15) is 0 Å². The van der Waals surface area contributed by atoms with Crippen molar-refractivity contribution in [1.29, 1.82) is 0 Å². The summed E-state index contributed by atoms with van der Waals surface area (Å²) in [6, 6.07) is 21.9. The minimum Gasteiger partial charge on any atom is -0.489 e. The van der Waals surface area contributed by atoms with Crippen LogP contribution in [0.3, 0.4) is 0 Å². The van der Waals surface area contributed by atoms with Crippen LogP contribution in [-0.2, 0) is 11.4 Å². The zero-order valence-corrected chi connectivity index (χ0v) is 16.0. The van der Waals surface area contributed by atoms with Crippen molar-refractivity contribution in [2.24, 2.45) is 0 Å². The lowest BCUT2D eigenvalue weighted by molar-refractivity contribution is -0.111. The van der Waals surface area contributed by atoms with Gasteiger partial charge in [0.1, 0.15) is 12.4 Å². The van der Waals surface area contributed by atoms with Crippen molar-refractivity contribution < 1.29 is 19.4 Å². The van der Waals surface area contributed by atoms with Gasteiger partial charge in [0.15, 0.2) is 0 Å². The van der Waals surface area contributed by atoms with Gasteiger partial charge in [-0.05, 0) is 54.0 Å². The first kappa shape index (κ1) is 19.9. The quantitative estimate of drug-likeness (QED) is 0.564. The number of aromatic carboxylic acids is 1. The summed E-state index contributed by atoms with van der Waals surface area (Å²) in [4.78, 5) is 23.3. The van der Waals surface area contributed by atoms with Gasteiger partial charge >= 0.3 is 5.97 Å². The Morgan fingerprint density at radius 2 is 1.79 bits per heavy atom. The van der Waals surface area contributed by atoms with Crippen LogP contribution in [0, 0.1) is 6.92 Å². The molecule has 0 saturated carbocycles. The lowest BCUT2D eigenvalue weighted by Gasteiger charge is -2.08. The monoisotopic (exact) mass is 387 g/mol. The van der Waals surface area contributed by atoms with Crippen LogP contribution < -0.4 is 10.1 Å². The molecule has 0 atom stereocenters. The van der Waals surface area contributed by atoms with E-state index in [-0.39, 0.29) is 11.5 Å². The molecular formula is C24H21NO4. The first-order chi connectivity index (χ1) is 14.0. The molecule has 0 fully saturated rings. The maximum Gasteiger partial charge on any atom is 0.335 e. The molecule has 0 bridgehead atoms. The number of carbonyl (C=O) groups excluding carboxylic acids is 1. The molecule has 5 nitrogen and oxygen atoms in total. The molecule has 0 aromatic heterocycles. The summed E-state index contributed by atoms with van der Waals surface area (Å²) in [6.07, 6.45) is 3.09. The maximum absolute atomic E-state index is 12.2. The van der Waals surface area contributed by atoms with E-state index in [4.69, 9.17) is 9.84 Å². The van der Waals surface area contributed by atoms with Crippen LogP contribution in [0.5, 0.6) is 5.75 Å². The minimum absolute atomic E-state index is 0.123. The fourth-order valence-electron chi connectivity index (χ4n) is 2.68. The second kappa shape index (κ2) is 9.37. The van der Waals surface area contributed by atoms with E-state index in [1.54, 1.807) is 19.1 Å². The van der Waals surface area contributed by atoms with Crippen molar-refractivity contribution in [3.05, 3.63) is 101 Å². The molecule has 3 rings (SSSR count). The fraction of sp³-hybridized carbons (Fsp3) is 0.0833. The summed E-state index contributed by atoms with van der Waals surface area (Å²) in [5, 5.41) is 11.8. The number of aryl methyl sites for hydroxylation is 1. The zero-order chi connectivity index (χ0) is 20.6. The summed E-state index contributed by atoms with van der Waals surface area (Å²) >= 11 is 0. The molecule has 146 valence electrons. The highest BCUT2D eigenvalue weighted by molar-refractivity contribution is 6.03. The Kier molecular flexibility index (Phi) is 6.43. The molecule has 0 unspecified atom stereocenters. The number of hydrogen-bond donors (Lipinski definition) is 2. The molecule has 0 saturated heterocycles. The van der Waals surface area contributed by atoms with E-state index in [0.29, 0.717) is 18.0 Å². The Bertz CT molecular complexity index is 1040. The van der Waals surface area contributed by atoms with E-state index in [9.17, 15) is 9.59 Å².